The van der Waals surface area contributed by atoms with Crippen molar-refractivity contribution >= 4 is 23.3 Å². The first-order valence-corrected chi connectivity index (χ1v) is 7.41. The first-order chi connectivity index (χ1) is 8.62. The molecule has 0 bridgehead atoms. The van der Waals surface area contributed by atoms with Crippen LogP contribution in [0.3, 0.4) is 0 Å². The van der Waals surface area contributed by atoms with Crippen molar-refractivity contribution in [2.75, 3.05) is 0 Å². The SMILES string of the molecule is CCC(C)(CC)S(=O)/N=C/C=C/c1ccccc1. The molecule has 3 heteroatoms. The molecule has 1 aromatic rings. The van der Waals surface area contributed by atoms with Crippen molar-refractivity contribution in [2.45, 2.75) is 38.4 Å². The predicted molar refractivity (Wildman–Crippen MR) is 81.1 cm³/mol. The van der Waals surface area contributed by atoms with Crippen molar-refractivity contribution in [3.05, 3.63) is 42.0 Å². The molecule has 1 aromatic carbocycles. The molecule has 0 spiro atoms. The molecule has 0 aliphatic heterocycles. The summed E-state index contributed by atoms with van der Waals surface area (Å²) in [6.07, 6.45) is 7.16. The second-order valence-electron chi connectivity index (χ2n) is 4.43. The number of hydrogen-bond acceptors (Lipinski definition) is 1. The standard InChI is InChI=1S/C15H21NOS/c1-4-15(3,5-2)18(17)16-13-9-12-14-10-7-6-8-11-14/h6-13H,4-5H2,1-3H3/b12-9+,16-13+. The Morgan fingerprint density at radius 2 is 1.83 bits per heavy atom. The third-order valence-corrected chi connectivity index (χ3v) is 4.98. The zero-order valence-corrected chi connectivity index (χ0v) is 12.1. The van der Waals surface area contributed by atoms with E-state index in [4.69, 9.17) is 0 Å². The van der Waals surface area contributed by atoms with Crippen molar-refractivity contribution in [3.8, 4) is 0 Å². The van der Waals surface area contributed by atoms with Crippen molar-refractivity contribution in [1.82, 2.24) is 0 Å². The van der Waals surface area contributed by atoms with Crippen molar-refractivity contribution < 1.29 is 4.21 Å². The summed E-state index contributed by atoms with van der Waals surface area (Å²) in [5, 5.41) is 0. The Bertz CT molecular complexity index is 433. The molecule has 0 aliphatic rings. The first-order valence-electron chi connectivity index (χ1n) is 6.30. The van der Waals surface area contributed by atoms with Gasteiger partial charge in [0.2, 0.25) is 0 Å². The van der Waals surface area contributed by atoms with Crippen LogP contribution >= 0.6 is 0 Å². The lowest BCUT2D eigenvalue weighted by Gasteiger charge is -2.22. The molecular weight excluding hydrogens is 242 g/mol. The van der Waals surface area contributed by atoms with Crippen LogP contribution in [0.25, 0.3) is 6.08 Å². The van der Waals surface area contributed by atoms with Gasteiger partial charge in [-0.05, 0) is 31.4 Å². The fourth-order valence-electron chi connectivity index (χ4n) is 1.43. The monoisotopic (exact) mass is 263 g/mol. The molecule has 0 saturated heterocycles. The molecule has 0 fully saturated rings. The van der Waals surface area contributed by atoms with Gasteiger partial charge >= 0.3 is 0 Å². The fraction of sp³-hybridized carbons (Fsp3) is 0.400. The molecule has 0 heterocycles. The predicted octanol–water partition coefficient (Wildman–Crippen LogP) is 4.01. The zero-order valence-electron chi connectivity index (χ0n) is 11.3. The van der Waals surface area contributed by atoms with E-state index in [2.05, 4.69) is 18.2 Å². The maximum Gasteiger partial charge on any atom is 0.145 e. The normalized spacial score (nSPS) is 14.4. The average Bonchev–Trinajstić information content (AvgIpc) is 2.43. The largest absolute Gasteiger partial charge is 0.234 e. The molecule has 2 nitrogen and oxygen atoms in total. The summed E-state index contributed by atoms with van der Waals surface area (Å²) in [5.41, 5.74) is 1.11. The summed E-state index contributed by atoms with van der Waals surface area (Å²) in [5.74, 6) is 0. The average molecular weight is 263 g/mol. The third-order valence-electron chi connectivity index (χ3n) is 3.25. The van der Waals surface area contributed by atoms with E-state index in [0.717, 1.165) is 18.4 Å². The highest BCUT2D eigenvalue weighted by Gasteiger charge is 2.26. The molecule has 0 aliphatic carbocycles. The Balaban J connectivity index is 2.61. The van der Waals surface area contributed by atoms with Crippen LogP contribution in [0.15, 0.2) is 40.8 Å². The second kappa shape index (κ2) is 7.27. The van der Waals surface area contributed by atoms with E-state index in [-0.39, 0.29) is 4.75 Å². The summed E-state index contributed by atoms with van der Waals surface area (Å²) >= 11 is 0. The molecule has 0 saturated carbocycles. The van der Waals surface area contributed by atoms with Gasteiger partial charge in [0.15, 0.2) is 0 Å². The molecule has 0 radical (unpaired) electrons. The number of allylic oxidation sites excluding steroid dienone is 1. The number of rotatable bonds is 6. The lowest BCUT2D eigenvalue weighted by Crippen LogP contribution is -2.27. The van der Waals surface area contributed by atoms with Gasteiger partial charge in [0.1, 0.15) is 11.0 Å². The van der Waals surface area contributed by atoms with E-state index in [0.29, 0.717) is 0 Å². The lowest BCUT2D eigenvalue weighted by molar-refractivity contribution is 0.561. The maximum absolute atomic E-state index is 12.0. The summed E-state index contributed by atoms with van der Waals surface area (Å²) in [6, 6.07) is 9.99. The van der Waals surface area contributed by atoms with Gasteiger partial charge in [-0.15, -0.1) is 0 Å². The highest BCUT2D eigenvalue weighted by atomic mass is 32.2. The third kappa shape index (κ3) is 4.22. The van der Waals surface area contributed by atoms with Gasteiger partial charge in [0, 0.05) is 6.21 Å². The van der Waals surface area contributed by atoms with Gasteiger partial charge in [0.05, 0.1) is 4.75 Å². The van der Waals surface area contributed by atoms with Gasteiger partial charge in [-0.2, -0.15) is 4.40 Å². The minimum Gasteiger partial charge on any atom is -0.234 e. The van der Waals surface area contributed by atoms with Gasteiger partial charge in [-0.1, -0.05) is 50.3 Å². The van der Waals surface area contributed by atoms with E-state index >= 15 is 0 Å². The lowest BCUT2D eigenvalue weighted by atomic mass is 10.1. The second-order valence-corrected chi connectivity index (χ2v) is 6.13. The van der Waals surface area contributed by atoms with Crippen LogP contribution in [-0.4, -0.2) is 15.2 Å². The Hall–Kier alpha value is -1.22. The smallest absolute Gasteiger partial charge is 0.145 e. The van der Waals surface area contributed by atoms with Crippen LogP contribution in [0.5, 0.6) is 0 Å². The van der Waals surface area contributed by atoms with Crippen LogP contribution < -0.4 is 0 Å². The molecule has 0 amide bonds. The summed E-state index contributed by atoms with van der Waals surface area (Å²) in [7, 11) is -1.16. The minimum atomic E-state index is -1.16. The molecule has 98 valence electrons. The molecule has 0 aromatic heterocycles. The highest BCUT2D eigenvalue weighted by molar-refractivity contribution is 7.85. The van der Waals surface area contributed by atoms with Crippen molar-refractivity contribution in [1.29, 1.82) is 0 Å². The van der Waals surface area contributed by atoms with E-state index in [1.165, 1.54) is 0 Å². The van der Waals surface area contributed by atoms with Gasteiger partial charge in [-0.25, -0.2) is 4.21 Å². The van der Waals surface area contributed by atoms with Crippen molar-refractivity contribution in [2.24, 2.45) is 4.40 Å². The summed E-state index contributed by atoms with van der Waals surface area (Å²) in [4.78, 5) is 0. The van der Waals surface area contributed by atoms with Gasteiger partial charge in [0.25, 0.3) is 0 Å². The van der Waals surface area contributed by atoms with Crippen LogP contribution in [-0.2, 0) is 11.0 Å². The topological polar surface area (TPSA) is 29.4 Å². The molecule has 1 rings (SSSR count). The summed E-state index contributed by atoms with van der Waals surface area (Å²) < 4.78 is 15.9. The number of hydrogen-bond donors (Lipinski definition) is 0. The highest BCUT2D eigenvalue weighted by Crippen LogP contribution is 2.22. The number of benzene rings is 1. The van der Waals surface area contributed by atoms with Crippen LogP contribution in [0.4, 0.5) is 0 Å². The van der Waals surface area contributed by atoms with E-state index in [9.17, 15) is 4.21 Å². The Morgan fingerprint density at radius 3 is 2.39 bits per heavy atom. The quantitative estimate of drug-likeness (QED) is 0.713. The first kappa shape index (κ1) is 14.8. The number of nitrogens with zero attached hydrogens (tertiary/aromatic N) is 1. The molecule has 1 unspecified atom stereocenters. The molecule has 0 N–H and O–H groups in total. The molecule has 18 heavy (non-hydrogen) atoms. The van der Waals surface area contributed by atoms with Crippen molar-refractivity contribution in [3.63, 3.8) is 0 Å². The van der Waals surface area contributed by atoms with Gasteiger partial charge < -0.3 is 0 Å². The Morgan fingerprint density at radius 1 is 1.22 bits per heavy atom. The van der Waals surface area contributed by atoms with E-state index in [1.807, 2.05) is 49.4 Å². The van der Waals surface area contributed by atoms with E-state index in [1.54, 1.807) is 6.21 Å². The van der Waals surface area contributed by atoms with Gasteiger partial charge in [-0.3, -0.25) is 0 Å². The van der Waals surface area contributed by atoms with Crippen LogP contribution in [0, 0.1) is 0 Å². The molecule has 1 atom stereocenters. The zero-order chi connectivity index (χ0) is 13.4. The Kier molecular flexibility index (Phi) is 5.99. The van der Waals surface area contributed by atoms with Crippen LogP contribution in [0.2, 0.25) is 0 Å². The summed E-state index contributed by atoms with van der Waals surface area (Å²) in [6.45, 7) is 6.12. The Labute approximate surface area is 112 Å². The van der Waals surface area contributed by atoms with E-state index < -0.39 is 11.0 Å². The minimum absolute atomic E-state index is 0.211. The maximum atomic E-state index is 12.0. The molecular formula is C15H21NOS. The fourth-order valence-corrected chi connectivity index (χ4v) is 2.36. The van der Waals surface area contributed by atoms with Crippen LogP contribution in [0.1, 0.15) is 39.2 Å².